The molecular weight excluding hydrogens is 460 g/mol. The predicted molar refractivity (Wildman–Crippen MR) is 131 cm³/mol. The van der Waals surface area contributed by atoms with Gasteiger partial charge in [0.2, 0.25) is 5.16 Å². The molecule has 5 rings (SSSR count). The van der Waals surface area contributed by atoms with Gasteiger partial charge in [0, 0.05) is 15.8 Å². The Bertz CT molecular complexity index is 1420. The van der Waals surface area contributed by atoms with Gasteiger partial charge in [0.05, 0.1) is 16.3 Å². The molecule has 0 aliphatic heterocycles. The summed E-state index contributed by atoms with van der Waals surface area (Å²) in [6.07, 6.45) is 0. The van der Waals surface area contributed by atoms with Gasteiger partial charge in [0.25, 0.3) is 5.56 Å². The largest absolute Gasteiger partial charge is 0.309 e. The van der Waals surface area contributed by atoms with Gasteiger partial charge in [-0.25, -0.2) is 4.98 Å². The second-order valence-electron chi connectivity index (χ2n) is 7.64. The van der Waals surface area contributed by atoms with Crippen molar-refractivity contribution < 1.29 is 0 Å². The summed E-state index contributed by atoms with van der Waals surface area (Å²) in [6, 6.07) is 12.2. The Morgan fingerprint density at radius 2 is 1.91 bits per heavy atom. The van der Waals surface area contributed by atoms with Crippen molar-refractivity contribution in [2.24, 2.45) is 0 Å². The number of hydrogen-bond acceptors (Lipinski definition) is 8. The molecule has 0 aliphatic carbocycles. The summed E-state index contributed by atoms with van der Waals surface area (Å²) in [5, 5.41) is 17.4. The maximum absolute atomic E-state index is 12.9. The molecule has 4 heterocycles. The highest BCUT2D eigenvalue weighted by Crippen LogP contribution is 2.36. The molecule has 1 atom stereocenters. The molecule has 0 saturated carbocycles. The van der Waals surface area contributed by atoms with Crippen LogP contribution in [-0.4, -0.2) is 30.2 Å². The smallest absolute Gasteiger partial charge is 0.260 e. The molecule has 7 nitrogen and oxygen atoms in total. The van der Waals surface area contributed by atoms with E-state index >= 15 is 0 Å². The number of aromatic nitrogens is 6. The number of fused-ring (bicyclic) bond motifs is 1. The van der Waals surface area contributed by atoms with Crippen LogP contribution in [0.3, 0.4) is 0 Å². The van der Waals surface area contributed by atoms with Crippen LogP contribution in [0.4, 0.5) is 0 Å². The molecule has 162 valence electrons. The first-order chi connectivity index (χ1) is 15.5. The second-order valence-corrected chi connectivity index (χ2v) is 10.8. The summed E-state index contributed by atoms with van der Waals surface area (Å²) in [5.74, 6) is 1.07. The van der Waals surface area contributed by atoms with E-state index in [9.17, 15) is 4.79 Å². The van der Waals surface area contributed by atoms with Crippen LogP contribution in [0, 0.1) is 0 Å². The maximum atomic E-state index is 12.9. The molecule has 10 heteroatoms. The zero-order valence-corrected chi connectivity index (χ0v) is 20.1. The zero-order valence-electron chi connectivity index (χ0n) is 17.6. The van der Waals surface area contributed by atoms with Gasteiger partial charge in [-0.1, -0.05) is 43.8 Å². The minimum Gasteiger partial charge on any atom is -0.309 e. The number of benzene rings is 1. The Hall–Kier alpha value is -2.82. The summed E-state index contributed by atoms with van der Waals surface area (Å²) >= 11 is 4.56. The van der Waals surface area contributed by atoms with Gasteiger partial charge in [0.1, 0.15) is 10.7 Å². The first-order valence-corrected chi connectivity index (χ1v) is 12.8. The van der Waals surface area contributed by atoms with E-state index in [1.165, 1.54) is 28.7 Å². The Balaban J connectivity index is 1.43. The van der Waals surface area contributed by atoms with E-state index in [0.29, 0.717) is 22.3 Å². The van der Waals surface area contributed by atoms with Crippen molar-refractivity contribution in [3.8, 4) is 16.1 Å². The number of hydrogen-bond donors (Lipinski definition) is 1. The van der Waals surface area contributed by atoms with Crippen LogP contribution in [0.5, 0.6) is 0 Å². The van der Waals surface area contributed by atoms with Crippen molar-refractivity contribution in [3.05, 3.63) is 68.9 Å². The maximum Gasteiger partial charge on any atom is 0.260 e. The lowest BCUT2D eigenvalue weighted by Gasteiger charge is -2.11. The second kappa shape index (κ2) is 8.61. The van der Waals surface area contributed by atoms with E-state index < -0.39 is 0 Å². The number of nitrogens with zero attached hydrogens (tertiary/aromatic N) is 5. The van der Waals surface area contributed by atoms with Crippen molar-refractivity contribution in [1.82, 2.24) is 30.2 Å². The quantitative estimate of drug-likeness (QED) is 0.315. The molecule has 0 fully saturated rings. The molecule has 32 heavy (non-hydrogen) atoms. The van der Waals surface area contributed by atoms with Crippen LogP contribution in [0.2, 0.25) is 0 Å². The SMILES string of the molecule is CC(C)c1ccc(-n2nnnc2SC(C)c2nc3scc(-c4cccs4)c3c(=O)[nH]2)cc1. The molecule has 0 amide bonds. The van der Waals surface area contributed by atoms with Gasteiger partial charge in [-0.2, -0.15) is 4.68 Å². The lowest BCUT2D eigenvalue weighted by Crippen LogP contribution is -2.12. The van der Waals surface area contributed by atoms with E-state index in [0.717, 1.165) is 21.0 Å². The molecular formula is C22H20N6OS3. The highest BCUT2D eigenvalue weighted by molar-refractivity contribution is 7.99. The summed E-state index contributed by atoms with van der Waals surface area (Å²) < 4.78 is 1.71. The standard InChI is InChI=1S/C22H20N6OS3/c1-12(2)14-6-8-15(9-7-14)28-22(25-26-27-28)32-13(3)19-23-20(29)18-16(11-31-21(18)24-19)17-5-4-10-30-17/h4-13H,1-3H3,(H,23,24,29). The summed E-state index contributed by atoms with van der Waals surface area (Å²) in [4.78, 5) is 22.5. The topological polar surface area (TPSA) is 89.3 Å². The minimum atomic E-state index is -0.140. The molecule has 1 unspecified atom stereocenters. The number of thioether (sulfide) groups is 1. The van der Waals surface area contributed by atoms with E-state index in [-0.39, 0.29) is 10.8 Å². The Morgan fingerprint density at radius 1 is 1.09 bits per heavy atom. The van der Waals surface area contributed by atoms with Gasteiger partial charge in [-0.3, -0.25) is 4.79 Å². The van der Waals surface area contributed by atoms with Gasteiger partial charge >= 0.3 is 0 Å². The van der Waals surface area contributed by atoms with Crippen molar-refractivity contribution >= 4 is 44.7 Å². The average Bonchev–Trinajstić information content (AvgIpc) is 3.54. The number of nitrogens with one attached hydrogen (secondary N) is 1. The van der Waals surface area contributed by atoms with Crippen LogP contribution in [0.25, 0.3) is 26.3 Å². The minimum absolute atomic E-state index is 0.119. The first kappa shape index (κ1) is 21.0. The van der Waals surface area contributed by atoms with Crippen molar-refractivity contribution in [1.29, 1.82) is 0 Å². The van der Waals surface area contributed by atoms with Crippen LogP contribution >= 0.6 is 34.4 Å². The summed E-state index contributed by atoms with van der Waals surface area (Å²) in [7, 11) is 0. The van der Waals surface area contributed by atoms with Crippen molar-refractivity contribution in [3.63, 3.8) is 0 Å². The third-order valence-corrected chi connectivity index (χ3v) is 7.98. The number of thiophene rings is 2. The fraction of sp³-hybridized carbons (Fsp3) is 0.227. The van der Waals surface area contributed by atoms with Crippen LogP contribution < -0.4 is 5.56 Å². The van der Waals surface area contributed by atoms with E-state index in [1.54, 1.807) is 16.0 Å². The van der Waals surface area contributed by atoms with Gasteiger partial charge in [-0.15, -0.1) is 27.8 Å². The molecule has 1 N–H and O–H groups in total. The summed E-state index contributed by atoms with van der Waals surface area (Å²) in [6.45, 7) is 6.32. The monoisotopic (exact) mass is 480 g/mol. The molecule has 5 aromatic rings. The normalized spacial score (nSPS) is 12.6. The highest BCUT2D eigenvalue weighted by Gasteiger charge is 2.20. The fourth-order valence-electron chi connectivity index (χ4n) is 3.40. The fourth-order valence-corrected chi connectivity index (χ4v) is 6.03. The Kier molecular flexibility index (Phi) is 5.66. The third kappa shape index (κ3) is 3.89. The molecule has 0 saturated heterocycles. The first-order valence-electron chi connectivity index (χ1n) is 10.1. The highest BCUT2D eigenvalue weighted by atomic mass is 32.2. The Morgan fingerprint density at radius 3 is 2.62 bits per heavy atom. The van der Waals surface area contributed by atoms with Crippen molar-refractivity contribution in [2.75, 3.05) is 0 Å². The van der Waals surface area contributed by atoms with Gasteiger partial charge < -0.3 is 4.98 Å². The van der Waals surface area contributed by atoms with E-state index in [2.05, 4.69) is 46.5 Å². The predicted octanol–water partition coefficient (Wildman–Crippen LogP) is 5.67. The van der Waals surface area contributed by atoms with E-state index in [4.69, 9.17) is 4.98 Å². The number of aromatic amines is 1. The van der Waals surface area contributed by atoms with E-state index in [1.807, 2.05) is 41.9 Å². The average molecular weight is 481 g/mol. The lowest BCUT2D eigenvalue weighted by molar-refractivity contribution is 0.752. The molecule has 0 aliphatic rings. The van der Waals surface area contributed by atoms with Crippen LogP contribution in [-0.2, 0) is 0 Å². The molecule has 0 spiro atoms. The van der Waals surface area contributed by atoms with Crippen LogP contribution in [0.1, 0.15) is 43.3 Å². The Labute approximate surface area is 196 Å². The molecule has 0 radical (unpaired) electrons. The number of tetrazole rings is 1. The van der Waals surface area contributed by atoms with Gasteiger partial charge in [-0.05, 0) is 52.4 Å². The third-order valence-electron chi connectivity index (χ3n) is 5.16. The lowest BCUT2D eigenvalue weighted by atomic mass is 10.0. The van der Waals surface area contributed by atoms with Crippen molar-refractivity contribution in [2.45, 2.75) is 37.1 Å². The molecule has 1 aromatic carbocycles. The summed E-state index contributed by atoms with van der Waals surface area (Å²) in [5.41, 5.74) is 2.97. The van der Waals surface area contributed by atoms with Gasteiger partial charge in [0.15, 0.2) is 0 Å². The zero-order chi connectivity index (χ0) is 22.2. The number of rotatable bonds is 6. The molecule has 4 aromatic heterocycles. The number of H-pyrrole nitrogens is 1. The molecule has 0 bridgehead atoms. The van der Waals surface area contributed by atoms with Crippen LogP contribution in [0.15, 0.2) is 57.1 Å².